The Bertz CT molecular complexity index is 1090. The van der Waals surface area contributed by atoms with Gasteiger partial charge in [-0.25, -0.2) is 4.98 Å². The highest BCUT2D eigenvalue weighted by atomic mass is 35.5. The first-order chi connectivity index (χ1) is 15.3. The molecule has 4 rings (SSSR count). The first-order valence-electron chi connectivity index (χ1n) is 10.2. The third-order valence-corrected chi connectivity index (χ3v) is 5.91. The van der Waals surface area contributed by atoms with Gasteiger partial charge in [-0.3, -0.25) is 9.89 Å². The van der Waals surface area contributed by atoms with Crippen LogP contribution in [0.15, 0.2) is 48.9 Å². The van der Waals surface area contributed by atoms with E-state index in [4.69, 9.17) is 11.6 Å². The van der Waals surface area contributed by atoms with Gasteiger partial charge in [0, 0.05) is 24.0 Å². The minimum atomic E-state index is -4.68. The second-order valence-corrected chi connectivity index (χ2v) is 8.02. The first-order valence-corrected chi connectivity index (χ1v) is 10.6. The molecular weight excluding hydrogens is 478 g/mol. The zero-order valence-electron chi connectivity index (χ0n) is 17.3. The summed E-state index contributed by atoms with van der Waals surface area (Å²) in [5.41, 5.74) is 1.07. The van der Waals surface area contributed by atoms with Crippen LogP contribution in [0.25, 0.3) is 11.1 Å². The number of hydrogen-bond acceptors (Lipinski definition) is 4. The van der Waals surface area contributed by atoms with Gasteiger partial charge in [-0.15, -0.1) is 12.4 Å². The lowest BCUT2D eigenvalue weighted by Crippen LogP contribution is -2.46. The molecular formula is C22H22Cl2F3N5O. The van der Waals surface area contributed by atoms with Gasteiger partial charge in [0.2, 0.25) is 0 Å². The molecule has 1 aliphatic rings. The molecule has 0 bridgehead atoms. The molecule has 0 spiro atoms. The molecule has 1 fully saturated rings. The summed E-state index contributed by atoms with van der Waals surface area (Å²) in [6.07, 6.45) is 2.52. The predicted molar refractivity (Wildman–Crippen MR) is 121 cm³/mol. The second kappa shape index (κ2) is 10.5. The van der Waals surface area contributed by atoms with Crippen LogP contribution in [0.1, 0.15) is 46.9 Å². The first kappa shape index (κ1) is 25.0. The van der Waals surface area contributed by atoms with E-state index >= 15 is 0 Å². The summed E-state index contributed by atoms with van der Waals surface area (Å²) in [5, 5.41) is 12.3. The maximum atomic E-state index is 13.2. The highest BCUT2D eigenvalue weighted by molar-refractivity contribution is 6.34. The number of alkyl halides is 3. The minimum Gasteiger partial charge on any atom is -0.342 e. The van der Waals surface area contributed by atoms with Crippen molar-refractivity contribution in [3.63, 3.8) is 0 Å². The van der Waals surface area contributed by atoms with Crippen LogP contribution in [0.2, 0.25) is 5.02 Å². The van der Waals surface area contributed by atoms with E-state index in [0.717, 1.165) is 54.8 Å². The number of aromatic amines is 1. The normalized spacial score (nSPS) is 17.2. The SMILES string of the molecule is Cl.O=C(N[C@@H](c1cccc(-c2cn[nH]c2)c1)[C@@H]1CCCCN1)c1nccc(C(F)(F)F)c1Cl. The summed E-state index contributed by atoms with van der Waals surface area (Å²) in [6, 6.07) is 7.80. The van der Waals surface area contributed by atoms with E-state index in [0.29, 0.717) is 0 Å². The van der Waals surface area contributed by atoms with Crippen molar-refractivity contribution in [1.82, 2.24) is 25.8 Å². The van der Waals surface area contributed by atoms with Crippen molar-refractivity contribution >= 4 is 29.9 Å². The van der Waals surface area contributed by atoms with Crippen LogP contribution in [-0.4, -0.2) is 33.7 Å². The molecule has 3 N–H and O–H groups in total. The number of nitrogens with one attached hydrogen (secondary N) is 3. The van der Waals surface area contributed by atoms with Crippen molar-refractivity contribution in [2.45, 2.75) is 37.5 Å². The number of pyridine rings is 1. The molecule has 176 valence electrons. The number of carbonyl (C=O) groups excluding carboxylic acids is 1. The lowest BCUT2D eigenvalue weighted by molar-refractivity contribution is -0.137. The van der Waals surface area contributed by atoms with Crippen molar-refractivity contribution in [1.29, 1.82) is 0 Å². The van der Waals surface area contributed by atoms with Crippen LogP contribution in [0, 0.1) is 0 Å². The molecule has 6 nitrogen and oxygen atoms in total. The number of amides is 1. The number of aromatic nitrogens is 3. The minimum absolute atomic E-state index is 0. The van der Waals surface area contributed by atoms with Crippen molar-refractivity contribution in [2.75, 3.05) is 6.54 Å². The van der Waals surface area contributed by atoms with Crippen LogP contribution in [-0.2, 0) is 6.18 Å². The van der Waals surface area contributed by atoms with E-state index in [-0.39, 0.29) is 18.4 Å². The second-order valence-electron chi connectivity index (χ2n) is 7.64. The Labute approximate surface area is 199 Å². The largest absolute Gasteiger partial charge is 0.417 e. The Morgan fingerprint density at radius 3 is 2.70 bits per heavy atom. The van der Waals surface area contributed by atoms with Crippen LogP contribution in [0.3, 0.4) is 0 Å². The van der Waals surface area contributed by atoms with Gasteiger partial charge in [-0.05, 0) is 42.6 Å². The Morgan fingerprint density at radius 2 is 2.03 bits per heavy atom. The monoisotopic (exact) mass is 499 g/mol. The number of carbonyl (C=O) groups is 1. The van der Waals surface area contributed by atoms with Crippen molar-refractivity contribution in [2.24, 2.45) is 0 Å². The molecule has 1 aromatic carbocycles. The quantitative estimate of drug-likeness (QED) is 0.451. The molecule has 2 aromatic heterocycles. The van der Waals surface area contributed by atoms with E-state index < -0.39 is 34.4 Å². The maximum Gasteiger partial charge on any atom is 0.417 e. The molecule has 11 heteroatoms. The van der Waals surface area contributed by atoms with Crippen LogP contribution >= 0.6 is 24.0 Å². The van der Waals surface area contributed by atoms with Gasteiger partial charge in [0.25, 0.3) is 5.91 Å². The lowest BCUT2D eigenvalue weighted by Gasteiger charge is -2.32. The number of nitrogens with zero attached hydrogens (tertiary/aromatic N) is 2. The fourth-order valence-corrected chi connectivity index (χ4v) is 4.24. The summed E-state index contributed by atoms with van der Waals surface area (Å²) in [5.74, 6) is -0.757. The van der Waals surface area contributed by atoms with Crippen LogP contribution in [0.4, 0.5) is 13.2 Å². The van der Waals surface area contributed by atoms with Crippen LogP contribution < -0.4 is 10.6 Å². The topological polar surface area (TPSA) is 82.7 Å². The van der Waals surface area contributed by atoms with Gasteiger partial charge in [0.1, 0.15) is 5.69 Å². The molecule has 0 aliphatic carbocycles. The van der Waals surface area contributed by atoms with Gasteiger partial charge in [0.05, 0.1) is 22.8 Å². The number of benzene rings is 1. The number of piperidine rings is 1. The lowest BCUT2D eigenvalue weighted by atomic mass is 9.91. The van der Waals surface area contributed by atoms with Gasteiger partial charge in [0.15, 0.2) is 0 Å². The fraction of sp³-hybridized carbons (Fsp3) is 0.318. The summed E-state index contributed by atoms with van der Waals surface area (Å²) in [4.78, 5) is 16.8. The Kier molecular flexibility index (Phi) is 7.99. The zero-order chi connectivity index (χ0) is 22.7. The summed E-state index contributed by atoms with van der Waals surface area (Å²) < 4.78 is 39.7. The summed E-state index contributed by atoms with van der Waals surface area (Å²) in [6.45, 7) is 0.793. The van der Waals surface area contributed by atoms with E-state index in [1.807, 2.05) is 24.3 Å². The molecule has 0 unspecified atom stereocenters. The van der Waals surface area contributed by atoms with Crippen molar-refractivity contribution in [3.8, 4) is 11.1 Å². The fourth-order valence-electron chi connectivity index (χ4n) is 3.93. The van der Waals surface area contributed by atoms with Crippen molar-refractivity contribution < 1.29 is 18.0 Å². The molecule has 0 saturated carbocycles. The van der Waals surface area contributed by atoms with Gasteiger partial charge < -0.3 is 10.6 Å². The molecule has 33 heavy (non-hydrogen) atoms. The summed E-state index contributed by atoms with van der Waals surface area (Å²) in [7, 11) is 0. The smallest absolute Gasteiger partial charge is 0.342 e. The van der Waals surface area contributed by atoms with Gasteiger partial charge in [-0.2, -0.15) is 18.3 Å². The summed E-state index contributed by atoms with van der Waals surface area (Å²) >= 11 is 5.93. The average molecular weight is 500 g/mol. The Hall–Kier alpha value is -2.62. The number of hydrogen-bond donors (Lipinski definition) is 3. The standard InChI is InChI=1S/C22H21ClF3N5O.ClH/c23-18-16(22(24,25)26)7-9-28-20(18)21(32)31-19(17-6-1-2-8-27-17)14-5-3-4-13(10-14)15-11-29-30-12-15;/h3-5,7,9-12,17,19,27H,1-2,6,8H2,(H,29,30)(H,31,32);1H/t17-,19-;/m0./s1. The van der Waals surface area contributed by atoms with Gasteiger partial charge in [-0.1, -0.05) is 36.2 Å². The molecule has 1 amide bonds. The third-order valence-electron chi connectivity index (χ3n) is 5.52. The highest BCUT2D eigenvalue weighted by Gasteiger charge is 2.36. The number of halogens is 5. The molecule has 2 atom stereocenters. The molecule has 1 saturated heterocycles. The number of rotatable bonds is 5. The van der Waals surface area contributed by atoms with E-state index in [1.54, 1.807) is 12.4 Å². The van der Waals surface area contributed by atoms with E-state index in [1.165, 1.54) is 0 Å². The number of H-pyrrole nitrogens is 1. The highest BCUT2D eigenvalue weighted by Crippen LogP contribution is 2.36. The zero-order valence-corrected chi connectivity index (χ0v) is 18.9. The maximum absolute atomic E-state index is 13.2. The van der Waals surface area contributed by atoms with Crippen LogP contribution in [0.5, 0.6) is 0 Å². The van der Waals surface area contributed by atoms with E-state index in [2.05, 4.69) is 25.8 Å². The molecule has 3 heterocycles. The molecule has 0 radical (unpaired) electrons. The van der Waals surface area contributed by atoms with Gasteiger partial charge >= 0.3 is 6.18 Å². The van der Waals surface area contributed by atoms with E-state index in [9.17, 15) is 18.0 Å². The Morgan fingerprint density at radius 1 is 1.21 bits per heavy atom. The average Bonchev–Trinajstić information content (AvgIpc) is 3.32. The molecule has 1 aliphatic heterocycles. The Balaban J connectivity index is 0.00000306. The predicted octanol–water partition coefficient (Wildman–Crippen LogP) is 5.18. The van der Waals surface area contributed by atoms with Crippen molar-refractivity contribution in [3.05, 3.63) is 70.8 Å². The molecule has 3 aromatic rings. The third kappa shape index (κ3) is 5.66.